The zero-order valence-electron chi connectivity index (χ0n) is 12.3. The van der Waals surface area contributed by atoms with Gasteiger partial charge in [-0.25, -0.2) is 4.79 Å². The highest BCUT2D eigenvalue weighted by molar-refractivity contribution is 5.94. The largest absolute Gasteiger partial charge is 0.459 e. The third-order valence-corrected chi connectivity index (χ3v) is 4.56. The molecule has 5 nitrogen and oxygen atoms in total. The van der Waals surface area contributed by atoms with Gasteiger partial charge in [0, 0.05) is 24.0 Å². The highest BCUT2D eigenvalue weighted by Gasteiger charge is 2.43. The van der Waals surface area contributed by atoms with Crippen LogP contribution in [0.1, 0.15) is 27.2 Å². The number of hydrogen-bond donors (Lipinski definition) is 1. The van der Waals surface area contributed by atoms with Gasteiger partial charge in [-0.3, -0.25) is 4.79 Å². The lowest BCUT2D eigenvalue weighted by molar-refractivity contribution is -0.156. The normalized spacial score (nSPS) is 34.6. The van der Waals surface area contributed by atoms with Gasteiger partial charge in [0.15, 0.2) is 0 Å². The minimum atomic E-state index is -0.837. The molecule has 1 aliphatic heterocycles. The van der Waals surface area contributed by atoms with E-state index >= 15 is 0 Å². The maximum absolute atomic E-state index is 11.6. The fraction of sp³-hybridized carbons (Fsp3) is 0.500. The molecule has 0 fully saturated rings. The third-order valence-electron chi connectivity index (χ3n) is 4.56. The Morgan fingerprint density at radius 2 is 2.19 bits per heavy atom. The number of fused-ring (bicyclic) bond motifs is 2. The van der Waals surface area contributed by atoms with Gasteiger partial charge in [-0.05, 0) is 37.0 Å². The van der Waals surface area contributed by atoms with Crippen LogP contribution >= 0.6 is 0 Å². The summed E-state index contributed by atoms with van der Waals surface area (Å²) < 4.78 is 10.5. The number of allylic oxidation sites excluding steroid dienone is 3. The summed E-state index contributed by atoms with van der Waals surface area (Å²) in [5.74, 6) is -0.0335. The number of hydrogen-bond acceptors (Lipinski definition) is 5. The Bertz CT molecular complexity index is 610. The van der Waals surface area contributed by atoms with Crippen LogP contribution in [0, 0.1) is 11.8 Å². The van der Waals surface area contributed by atoms with Crippen LogP contribution in [0.5, 0.6) is 0 Å². The molecule has 0 radical (unpaired) electrons. The van der Waals surface area contributed by atoms with Gasteiger partial charge in [-0.1, -0.05) is 6.92 Å². The van der Waals surface area contributed by atoms with Crippen molar-refractivity contribution in [3.05, 3.63) is 34.6 Å². The van der Waals surface area contributed by atoms with Crippen molar-refractivity contribution < 1.29 is 24.2 Å². The monoisotopic (exact) mass is 290 g/mol. The summed E-state index contributed by atoms with van der Waals surface area (Å²) in [5, 5.41) is 10.2. The topological polar surface area (TPSA) is 72.8 Å². The molecular formula is C16H18O5. The Labute approximate surface area is 122 Å². The molecule has 4 atom stereocenters. The average molecular weight is 290 g/mol. The van der Waals surface area contributed by atoms with Gasteiger partial charge >= 0.3 is 11.9 Å². The Morgan fingerprint density at radius 3 is 2.86 bits per heavy atom. The molecule has 21 heavy (non-hydrogen) atoms. The number of aliphatic hydroxyl groups excluding tert-OH is 1. The van der Waals surface area contributed by atoms with E-state index in [0.717, 1.165) is 11.1 Å². The molecule has 112 valence electrons. The second kappa shape index (κ2) is 4.84. The van der Waals surface area contributed by atoms with Crippen LogP contribution in [-0.4, -0.2) is 29.3 Å². The first-order valence-corrected chi connectivity index (χ1v) is 7.09. The molecule has 1 N–H and O–H groups in total. The van der Waals surface area contributed by atoms with Crippen molar-refractivity contribution in [2.75, 3.05) is 0 Å². The van der Waals surface area contributed by atoms with E-state index in [1.54, 1.807) is 13.0 Å². The number of aliphatic hydroxyl groups is 1. The standard InChI is InChI=1S/C16H18O5/c1-7-11-6-12-8(2)16(19)21-14(12)5-10(11)4-13(18)15(7)20-9(3)17/h4-5,7,11,13,15,18H,6H2,1-3H3. The average Bonchev–Trinajstić information content (AvgIpc) is 2.68. The molecule has 1 heterocycles. The van der Waals surface area contributed by atoms with Crippen LogP contribution in [0.3, 0.4) is 0 Å². The van der Waals surface area contributed by atoms with Crippen LogP contribution in [0.2, 0.25) is 0 Å². The predicted molar refractivity (Wildman–Crippen MR) is 73.8 cm³/mol. The summed E-state index contributed by atoms with van der Waals surface area (Å²) in [6, 6.07) is 0. The van der Waals surface area contributed by atoms with Gasteiger partial charge in [0.1, 0.15) is 18.0 Å². The molecule has 0 aromatic heterocycles. The third kappa shape index (κ3) is 2.21. The minimum Gasteiger partial charge on any atom is -0.459 e. The first-order valence-electron chi connectivity index (χ1n) is 7.09. The summed E-state index contributed by atoms with van der Waals surface area (Å²) in [6.45, 7) is 5.06. The molecule has 0 amide bonds. The highest BCUT2D eigenvalue weighted by atomic mass is 16.6. The summed E-state index contributed by atoms with van der Waals surface area (Å²) in [6.07, 6.45) is 2.80. The van der Waals surface area contributed by atoms with Crippen molar-refractivity contribution >= 4 is 11.9 Å². The van der Waals surface area contributed by atoms with Crippen LogP contribution in [0.25, 0.3) is 0 Å². The van der Waals surface area contributed by atoms with Gasteiger partial charge in [0.2, 0.25) is 0 Å². The van der Waals surface area contributed by atoms with Crippen molar-refractivity contribution in [1.29, 1.82) is 0 Å². The zero-order chi connectivity index (χ0) is 15.3. The Hall–Kier alpha value is -1.88. The van der Waals surface area contributed by atoms with Crippen LogP contribution < -0.4 is 0 Å². The Morgan fingerprint density at radius 1 is 1.48 bits per heavy atom. The molecule has 0 bridgehead atoms. The number of esters is 2. The molecule has 3 rings (SSSR count). The van der Waals surface area contributed by atoms with E-state index in [1.807, 2.05) is 13.0 Å². The lowest BCUT2D eigenvalue weighted by atomic mass is 9.70. The molecule has 4 unspecified atom stereocenters. The van der Waals surface area contributed by atoms with Gasteiger partial charge in [0.25, 0.3) is 0 Å². The second-order valence-corrected chi connectivity index (χ2v) is 5.90. The van der Waals surface area contributed by atoms with E-state index < -0.39 is 18.2 Å². The summed E-state index contributed by atoms with van der Waals surface area (Å²) in [7, 11) is 0. The van der Waals surface area contributed by atoms with Crippen LogP contribution in [0.4, 0.5) is 0 Å². The first kappa shape index (κ1) is 14.1. The van der Waals surface area contributed by atoms with Crippen molar-refractivity contribution in [2.24, 2.45) is 11.8 Å². The van der Waals surface area contributed by atoms with Crippen LogP contribution in [0.15, 0.2) is 34.6 Å². The maximum atomic E-state index is 11.6. The molecular weight excluding hydrogens is 272 g/mol. The zero-order valence-corrected chi connectivity index (χ0v) is 12.3. The molecule has 0 saturated carbocycles. The summed E-state index contributed by atoms with van der Waals surface area (Å²) in [4.78, 5) is 22.8. The van der Waals surface area contributed by atoms with E-state index in [-0.39, 0.29) is 17.8 Å². The second-order valence-electron chi connectivity index (χ2n) is 5.90. The van der Waals surface area contributed by atoms with E-state index in [1.165, 1.54) is 6.92 Å². The van der Waals surface area contributed by atoms with E-state index in [2.05, 4.69) is 0 Å². The smallest absolute Gasteiger partial charge is 0.339 e. The van der Waals surface area contributed by atoms with Gasteiger partial charge in [-0.2, -0.15) is 0 Å². The summed E-state index contributed by atoms with van der Waals surface area (Å²) >= 11 is 0. The molecule has 3 aliphatic rings. The van der Waals surface area contributed by atoms with E-state index in [0.29, 0.717) is 17.8 Å². The lowest BCUT2D eigenvalue weighted by Crippen LogP contribution is -2.43. The van der Waals surface area contributed by atoms with Crippen molar-refractivity contribution in [2.45, 2.75) is 39.4 Å². The van der Waals surface area contributed by atoms with Gasteiger partial charge < -0.3 is 14.6 Å². The van der Waals surface area contributed by atoms with Crippen molar-refractivity contribution in [3.63, 3.8) is 0 Å². The first-order chi connectivity index (χ1) is 9.88. The molecule has 2 aliphatic carbocycles. The fourth-order valence-corrected chi connectivity index (χ4v) is 3.37. The highest BCUT2D eigenvalue weighted by Crippen LogP contribution is 2.45. The fourth-order valence-electron chi connectivity index (χ4n) is 3.37. The lowest BCUT2D eigenvalue weighted by Gasteiger charge is -2.39. The number of rotatable bonds is 1. The number of carbonyl (C=O) groups excluding carboxylic acids is 2. The number of carbonyl (C=O) groups is 2. The Kier molecular flexibility index (Phi) is 3.24. The van der Waals surface area contributed by atoms with E-state index in [4.69, 9.17) is 9.47 Å². The quantitative estimate of drug-likeness (QED) is 0.743. The maximum Gasteiger partial charge on any atom is 0.339 e. The van der Waals surface area contributed by atoms with E-state index in [9.17, 15) is 14.7 Å². The minimum absolute atomic E-state index is 0.0299. The van der Waals surface area contributed by atoms with Crippen molar-refractivity contribution in [3.8, 4) is 0 Å². The predicted octanol–water partition coefficient (Wildman–Crippen LogP) is 1.63. The summed E-state index contributed by atoms with van der Waals surface area (Å²) in [5.41, 5.74) is 2.51. The molecule has 0 aromatic carbocycles. The van der Waals surface area contributed by atoms with Gasteiger partial charge in [-0.15, -0.1) is 0 Å². The molecule has 5 heteroatoms. The molecule has 0 spiro atoms. The Balaban J connectivity index is 1.97. The molecule has 0 aromatic rings. The SMILES string of the molecule is CC(=O)OC1C(O)C=C2C=C3OC(=O)C(C)=C3CC2C1C. The molecule has 0 saturated heterocycles. The number of ether oxygens (including phenoxy) is 2. The van der Waals surface area contributed by atoms with Gasteiger partial charge in [0.05, 0.1) is 0 Å². The van der Waals surface area contributed by atoms with Crippen LogP contribution in [-0.2, 0) is 19.1 Å². The van der Waals surface area contributed by atoms with Crippen molar-refractivity contribution in [1.82, 2.24) is 0 Å².